The van der Waals surface area contributed by atoms with E-state index in [1.54, 1.807) is 35.7 Å². The Bertz CT molecular complexity index is 1230. The molecule has 1 fully saturated rings. The fourth-order valence-corrected chi connectivity index (χ4v) is 4.74. The number of methoxy groups -OCH3 is 1. The second kappa shape index (κ2) is 7.36. The zero-order valence-corrected chi connectivity index (χ0v) is 18.7. The molecule has 3 aromatic rings. The van der Waals surface area contributed by atoms with E-state index >= 15 is 0 Å². The first kappa shape index (κ1) is 20.5. The van der Waals surface area contributed by atoms with Crippen molar-refractivity contribution in [3.63, 3.8) is 0 Å². The Morgan fingerprint density at radius 2 is 2.00 bits per heavy atom. The average Bonchev–Trinajstić information content (AvgIpc) is 3.32. The number of likely N-dealkylation sites (tertiary alicyclic amines) is 1. The Kier molecular flexibility index (Phi) is 4.72. The van der Waals surface area contributed by atoms with Crippen LogP contribution >= 0.6 is 0 Å². The molecule has 0 unspecified atom stereocenters. The van der Waals surface area contributed by atoms with Gasteiger partial charge in [0.25, 0.3) is 5.91 Å². The number of piperidine rings is 1. The number of hydrogen-bond acceptors (Lipinski definition) is 7. The van der Waals surface area contributed by atoms with Crippen molar-refractivity contribution in [2.45, 2.75) is 52.2 Å². The van der Waals surface area contributed by atoms with E-state index in [0.29, 0.717) is 78.6 Å². The fourth-order valence-electron chi connectivity index (χ4n) is 4.74. The van der Waals surface area contributed by atoms with E-state index in [2.05, 4.69) is 10.1 Å². The smallest absolute Gasteiger partial charge is 0.254 e. The molecule has 5 rings (SSSR count). The molecule has 168 valence electrons. The number of ketones is 1. The lowest BCUT2D eigenvalue weighted by Gasteiger charge is -2.43. The first-order valence-electron chi connectivity index (χ1n) is 10.9. The van der Waals surface area contributed by atoms with E-state index in [-0.39, 0.29) is 11.7 Å². The van der Waals surface area contributed by atoms with Crippen LogP contribution in [-0.2, 0) is 6.54 Å². The summed E-state index contributed by atoms with van der Waals surface area (Å²) < 4.78 is 19.2. The molecule has 0 aliphatic carbocycles. The molecule has 0 atom stereocenters. The zero-order chi connectivity index (χ0) is 22.6. The topological polar surface area (TPSA) is 99.7 Å². The number of Topliss-reactive ketones (excluding diaryl/α,β-unsaturated/α-hetero) is 1. The SMILES string of the molecule is CCn1nc2c(c1C)OC1(CCN(C(=O)c3cc(OC)c4oc(C)nc4c3)CC1)CC2=O. The Morgan fingerprint density at radius 3 is 2.69 bits per heavy atom. The monoisotopic (exact) mass is 438 g/mol. The Morgan fingerprint density at radius 1 is 1.25 bits per heavy atom. The molecule has 2 aliphatic heterocycles. The average molecular weight is 438 g/mol. The van der Waals surface area contributed by atoms with Gasteiger partial charge in [-0.05, 0) is 26.0 Å². The number of amides is 1. The van der Waals surface area contributed by atoms with Gasteiger partial charge in [-0.1, -0.05) is 0 Å². The number of rotatable bonds is 3. The minimum absolute atomic E-state index is 0.0120. The van der Waals surface area contributed by atoms with Crippen molar-refractivity contribution < 1.29 is 23.5 Å². The highest BCUT2D eigenvalue weighted by Crippen LogP contribution is 2.41. The molecule has 9 nitrogen and oxygen atoms in total. The van der Waals surface area contributed by atoms with Crippen LogP contribution in [0.25, 0.3) is 11.1 Å². The molecule has 1 amide bonds. The summed E-state index contributed by atoms with van der Waals surface area (Å²) >= 11 is 0. The summed E-state index contributed by atoms with van der Waals surface area (Å²) in [4.78, 5) is 32.2. The molecule has 0 radical (unpaired) electrons. The molecule has 2 aromatic heterocycles. The second-order valence-corrected chi connectivity index (χ2v) is 8.52. The fraction of sp³-hybridized carbons (Fsp3) is 0.478. The molecule has 1 saturated heterocycles. The largest absolute Gasteiger partial charge is 0.493 e. The van der Waals surface area contributed by atoms with Gasteiger partial charge in [0.05, 0.1) is 19.2 Å². The molecule has 32 heavy (non-hydrogen) atoms. The molecule has 0 bridgehead atoms. The van der Waals surface area contributed by atoms with E-state index in [1.807, 2.05) is 13.8 Å². The molecule has 2 aliphatic rings. The van der Waals surface area contributed by atoms with Crippen LogP contribution in [0, 0.1) is 13.8 Å². The zero-order valence-electron chi connectivity index (χ0n) is 18.7. The minimum Gasteiger partial charge on any atom is -0.493 e. The van der Waals surface area contributed by atoms with Gasteiger partial charge < -0.3 is 18.8 Å². The first-order chi connectivity index (χ1) is 15.3. The number of nitrogens with zero attached hydrogens (tertiary/aromatic N) is 4. The van der Waals surface area contributed by atoms with Crippen molar-refractivity contribution in [1.29, 1.82) is 0 Å². The summed E-state index contributed by atoms with van der Waals surface area (Å²) in [6.45, 7) is 7.36. The van der Waals surface area contributed by atoms with Crippen molar-refractivity contribution in [3.05, 3.63) is 35.0 Å². The summed E-state index contributed by atoms with van der Waals surface area (Å²) in [5.74, 6) is 1.51. The number of hydrogen-bond donors (Lipinski definition) is 0. The number of fused-ring (bicyclic) bond motifs is 2. The van der Waals surface area contributed by atoms with Gasteiger partial charge in [-0.15, -0.1) is 0 Å². The standard InChI is InChI=1S/C23H26N4O5/c1-5-27-13(2)20-19(25-27)17(28)12-23(32-20)6-8-26(9-7-23)22(29)15-10-16-21(18(11-15)30-4)31-14(3)24-16/h10-11H,5-9,12H2,1-4H3. The number of aryl methyl sites for hydroxylation is 2. The summed E-state index contributed by atoms with van der Waals surface area (Å²) in [5.41, 5.74) is 2.34. The van der Waals surface area contributed by atoms with E-state index in [4.69, 9.17) is 13.9 Å². The maximum Gasteiger partial charge on any atom is 0.254 e. The van der Waals surface area contributed by atoms with E-state index < -0.39 is 5.60 Å². The number of aromatic nitrogens is 3. The first-order valence-corrected chi connectivity index (χ1v) is 10.9. The number of carbonyl (C=O) groups is 2. The van der Waals surface area contributed by atoms with Crippen LogP contribution in [0.15, 0.2) is 16.5 Å². The van der Waals surface area contributed by atoms with Gasteiger partial charge in [0, 0.05) is 45.0 Å². The quantitative estimate of drug-likeness (QED) is 0.618. The lowest BCUT2D eigenvalue weighted by atomic mass is 9.83. The third kappa shape index (κ3) is 3.14. The van der Waals surface area contributed by atoms with Gasteiger partial charge in [-0.3, -0.25) is 14.3 Å². The third-order valence-electron chi connectivity index (χ3n) is 6.51. The molecule has 1 spiro atoms. The lowest BCUT2D eigenvalue weighted by Crippen LogP contribution is -2.52. The predicted molar refractivity (Wildman–Crippen MR) is 115 cm³/mol. The van der Waals surface area contributed by atoms with Gasteiger partial charge in [0.1, 0.15) is 11.1 Å². The van der Waals surface area contributed by atoms with Crippen molar-refractivity contribution in [2.24, 2.45) is 0 Å². The summed E-state index contributed by atoms with van der Waals surface area (Å²) in [7, 11) is 1.54. The van der Waals surface area contributed by atoms with Gasteiger partial charge in [-0.2, -0.15) is 5.10 Å². The van der Waals surface area contributed by atoms with Gasteiger partial charge in [0.15, 0.2) is 34.4 Å². The van der Waals surface area contributed by atoms with Crippen molar-refractivity contribution in [3.8, 4) is 11.5 Å². The summed E-state index contributed by atoms with van der Waals surface area (Å²) in [5, 5.41) is 4.41. The normalized spacial score (nSPS) is 17.5. The van der Waals surface area contributed by atoms with Gasteiger partial charge >= 0.3 is 0 Å². The summed E-state index contributed by atoms with van der Waals surface area (Å²) in [6.07, 6.45) is 1.46. The Hall–Kier alpha value is -3.36. The molecular weight excluding hydrogens is 412 g/mol. The molecule has 4 heterocycles. The highest BCUT2D eigenvalue weighted by Gasteiger charge is 2.45. The van der Waals surface area contributed by atoms with Gasteiger partial charge in [-0.25, -0.2) is 4.98 Å². The van der Waals surface area contributed by atoms with Crippen LogP contribution in [0.2, 0.25) is 0 Å². The Labute approximate surface area is 185 Å². The molecule has 0 saturated carbocycles. The maximum absolute atomic E-state index is 13.2. The molecular formula is C23H26N4O5. The lowest BCUT2D eigenvalue weighted by molar-refractivity contribution is -0.00628. The van der Waals surface area contributed by atoms with Crippen molar-refractivity contribution in [1.82, 2.24) is 19.7 Å². The van der Waals surface area contributed by atoms with Crippen LogP contribution < -0.4 is 9.47 Å². The third-order valence-corrected chi connectivity index (χ3v) is 6.51. The number of ether oxygens (including phenoxy) is 2. The Balaban J connectivity index is 1.36. The van der Waals surface area contributed by atoms with Crippen LogP contribution in [0.1, 0.15) is 58.6 Å². The second-order valence-electron chi connectivity index (χ2n) is 8.52. The maximum atomic E-state index is 13.2. The minimum atomic E-state index is -0.585. The molecule has 9 heteroatoms. The highest BCUT2D eigenvalue weighted by atomic mass is 16.5. The van der Waals surface area contributed by atoms with Crippen LogP contribution in [0.5, 0.6) is 11.5 Å². The van der Waals surface area contributed by atoms with Gasteiger partial charge in [0.2, 0.25) is 0 Å². The number of carbonyl (C=O) groups excluding carboxylic acids is 2. The van der Waals surface area contributed by atoms with E-state index in [9.17, 15) is 9.59 Å². The van der Waals surface area contributed by atoms with Crippen LogP contribution in [-0.4, -0.2) is 57.2 Å². The van der Waals surface area contributed by atoms with Crippen LogP contribution in [0.3, 0.4) is 0 Å². The summed E-state index contributed by atoms with van der Waals surface area (Å²) in [6, 6.07) is 3.42. The predicted octanol–water partition coefficient (Wildman–Crippen LogP) is 3.31. The molecule has 0 N–H and O–H groups in total. The molecule has 1 aromatic carbocycles. The highest BCUT2D eigenvalue weighted by molar-refractivity contribution is 6.00. The van der Waals surface area contributed by atoms with Crippen molar-refractivity contribution >= 4 is 22.8 Å². The van der Waals surface area contributed by atoms with Crippen LogP contribution in [0.4, 0.5) is 0 Å². The van der Waals surface area contributed by atoms with E-state index in [1.165, 1.54) is 0 Å². The van der Waals surface area contributed by atoms with Crippen molar-refractivity contribution in [2.75, 3.05) is 20.2 Å². The number of oxazole rings is 1. The van der Waals surface area contributed by atoms with E-state index in [0.717, 1.165) is 5.69 Å². The number of benzene rings is 1.